The summed E-state index contributed by atoms with van der Waals surface area (Å²) in [5.41, 5.74) is 1.65. The van der Waals surface area contributed by atoms with E-state index in [9.17, 15) is 8.78 Å². The summed E-state index contributed by atoms with van der Waals surface area (Å²) in [6.45, 7) is 8.32. The zero-order valence-electron chi connectivity index (χ0n) is 14.0. The number of aromatic nitrogens is 4. The Labute approximate surface area is 139 Å². The molecule has 0 radical (unpaired) electrons. The van der Waals surface area contributed by atoms with E-state index in [4.69, 9.17) is 0 Å². The van der Waals surface area contributed by atoms with Crippen molar-refractivity contribution < 1.29 is 8.78 Å². The molecule has 2 aromatic heterocycles. The number of piperazine rings is 1. The number of anilines is 2. The van der Waals surface area contributed by atoms with E-state index in [0.29, 0.717) is 24.7 Å². The van der Waals surface area contributed by atoms with Gasteiger partial charge in [0.05, 0.1) is 0 Å². The van der Waals surface area contributed by atoms with Crippen LogP contribution in [0.3, 0.4) is 0 Å². The van der Waals surface area contributed by atoms with Crippen LogP contribution in [0.25, 0.3) is 0 Å². The van der Waals surface area contributed by atoms with Crippen molar-refractivity contribution >= 4 is 11.8 Å². The highest BCUT2D eigenvalue weighted by molar-refractivity contribution is 5.44. The number of aryl methyl sites for hydroxylation is 3. The molecule has 1 saturated heterocycles. The van der Waals surface area contributed by atoms with Crippen LogP contribution in [0.4, 0.5) is 20.5 Å². The summed E-state index contributed by atoms with van der Waals surface area (Å²) in [5.74, 6) is 1.64. The van der Waals surface area contributed by atoms with Crippen molar-refractivity contribution in [3.8, 4) is 0 Å². The number of nitrogens with zero attached hydrogens (tertiary/aromatic N) is 6. The van der Waals surface area contributed by atoms with Gasteiger partial charge < -0.3 is 9.80 Å². The van der Waals surface area contributed by atoms with Crippen molar-refractivity contribution in [3.05, 3.63) is 35.0 Å². The summed E-state index contributed by atoms with van der Waals surface area (Å²) < 4.78 is 25.8. The first-order chi connectivity index (χ1) is 11.4. The Morgan fingerprint density at radius 3 is 2.00 bits per heavy atom. The minimum atomic E-state index is -2.59. The number of rotatable bonds is 3. The summed E-state index contributed by atoms with van der Waals surface area (Å²) in [4.78, 5) is 21.2. The van der Waals surface area contributed by atoms with E-state index in [1.165, 1.54) is 6.07 Å². The van der Waals surface area contributed by atoms with Gasteiger partial charge in [0.2, 0.25) is 5.95 Å². The van der Waals surface area contributed by atoms with Crippen molar-refractivity contribution in [3.63, 3.8) is 0 Å². The second-order valence-electron chi connectivity index (χ2n) is 5.92. The maximum atomic E-state index is 12.9. The fourth-order valence-electron chi connectivity index (χ4n) is 2.83. The first-order valence-corrected chi connectivity index (χ1v) is 7.88. The Morgan fingerprint density at radius 2 is 1.42 bits per heavy atom. The fourth-order valence-corrected chi connectivity index (χ4v) is 2.83. The average molecular weight is 334 g/mol. The lowest BCUT2D eigenvalue weighted by atomic mass is 10.3. The highest BCUT2D eigenvalue weighted by Gasteiger charge is 2.22. The lowest BCUT2D eigenvalue weighted by molar-refractivity contribution is 0.145. The molecule has 0 unspecified atom stereocenters. The lowest BCUT2D eigenvalue weighted by Crippen LogP contribution is -2.47. The van der Waals surface area contributed by atoms with Crippen LogP contribution >= 0.6 is 0 Å². The Balaban J connectivity index is 1.73. The largest absolute Gasteiger partial charge is 0.353 e. The van der Waals surface area contributed by atoms with Gasteiger partial charge in [-0.2, -0.15) is 0 Å². The Morgan fingerprint density at radius 1 is 0.833 bits per heavy atom. The van der Waals surface area contributed by atoms with Gasteiger partial charge in [0.25, 0.3) is 6.43 Å². The summed E-state index contributed by atoms with van der Waals surface area (Å²) in [5, 5.41) is 0. The molecule has 1 aliphatic heterocycles. The SMILES string of the molecule is Cc1cc(C)nc(N2CCN(c3cc(C(F)F)nc(C)n3)CC2)n1. The van der Waals surface area contributed by atoms with Crippen molar-refractivity contribution in [2.45, 2.75) is 27.2 Å². The van der Waals surface area contributed by atoms with Gasteiger partial charge in [-0.15, -0.1) is 0 Å². The second kappa shape index (κ2) is 6.62. The molecule has 3 heterocycles. The predicted molar refractivity (Wildman–Crippen MR) is 87.7 cm³/mol. The van der Waals surface area contributed by atoms with Gasteiger partial charge in [-0.1, -0.05) is 0 Å². The van der Waals surface area contributed by atoms with Gasteiger partial charge >= 0.3 is 0 Å². The molecule has 0 aliphatic carbocycles. The Kier molecular flexibility index (Phi) is 4.55. The summed E-state index contributed by atoms with van der Waals surface area (Å²) >= 11 is 0. The summed E-state index contributed by atoms with van der Waals surface area (Å²) in [6.07, 6.45) is -2.59. The van der Waals surface area contributed by atoms with E-state index in [2.05, 4.69) is 24.8 Å². The van der Waals surface area contributed by atoms with Crippen LogP contribution in [-0.4, -0.2) is 46.1 Å². The molecule has 0 aromatic carbocycles. The topological polar surface area (TPSA) is 58.0 Å². The Hall–Kier alpha value is -2.38. The molecule has 128 valence electrons. The minimum absolute atomic E-state index is 0.224. The number of alkyl halides is 2. The third-order valence-corrected chi connectivity index (χ3v) is 3.92. The molecule has 8 heteroatoms. The van der Waals surface area contributed by atoms with Gasteiger partial charge in [0.15, 0.2) is 0 Å². The molecule has 0 spiro atoms. The zero-order valence-corrected chi connectivity index (χ0v) is 14.0. The van der Waals surface area contributed by atoms with Crippen LogP contribution in [-0.2, 0) is 0 Å². The fraction of sp³-hybridized carbons (Fsp3) is 0.500. The molecule has 1 aliphatic rings. The smallest absolute Gasteiger partial charge is 0.280 e. The molecule has 3 rings (SSSR count). The van der Waals surface area contributed by atoms with Crippen LogP contribution in [0.2, 0.25) is 0 Å². The van der Waals surface area contributed by atoms with E-state index < -0.39 is 6.43 Å². The lowest BCUT2D eigenvalue weighted by Gasteiger charge is -2.35. The van der Waals surface area contributed by atoms with Gasteiger partial charge in [-0.25, -0.2) is 28.7 Å². The summed E-state index contributed by atoms with van der Waals surface area (Å²) in [7, 11) is 0. The van der Waals surface area contributed by atoms with Gasteiger partial charge in [-0.3, -0.25) is 0 Å². The standard InChI is InChI=1S/C16H20F2N6/c1-10-8-11(2)20-16(19-10)24-6-4-23(5-7-24)14-9-13(15(17)18)21-12(3)22-14/h8-9,15H,4-7H2,1-3H3. The van der Waals surface area contributed by atoms with Crippen molar-refractivity contribution in [2.24, 2.45) is 0 Å². The van der Waals surface area contributed by atoms with E-state index in [-0.39, 0.29) is 5.69 Å². The molecular weight excluding hydrogens is 314 g/mol. The van der Waals surface area contributed by atoms with Gasteiger partial charge in [0.1, 0.15) is 17.3 Å². The van der Waals surface area contributed by atoms with Crippen LogP contribution < -0.4 is 9.80 Å². The predicted octanol–water partition coefficient (Wildman–Crippen LogP) is 2.46. The monoisotopic (exact) mass is 334 g/mol. The third-order valence-electron chi connectivity index (χ3n) is 3.92. The normalized spacial score (nSPS) is 15.2. The average Bonchev–Trinajstić information content (AvgIpc) is 2.53. The van der Waals surface area contributed by atoms with Crippen LogP contribution in [0.15, 0.2) is 12.1 Å². The minimum Gasteiger partial charge on any atom is -0.353 e. The number of hydrogen-bond acceptors (Lipinski definition) is 6. The quantitative estimate of drug-likeness (QED) is 0.859. The molecule has 2 aromatic rings. The highest BCUT2D eigenvalue weighted by Crippen LogP contribution is 2.22. The van der Waals surface area contributed by atoms with Crippen molar-refractivity contribution in [1.29, 1.82) is 0 Å². The van der Waals surface area contributed by atoms with Crippen LogP contribution in [0.5, 0.6) is 0 Å². The van der Waals surface area contributed by atoms with E-state index >= 15 is 0 Å². The van der Waals surface area contributed by atoms with Gasteiger partial charge in [-0.05, 0) is 26.8 Å². The molecule has 0 bridgehead atoms. The van der Waals surface area contributed by atoms with Gasteiger partial charge in [0, 0.05) is 43.6 Å². The Bertz CT molecular complexity index is 708. The third kappa shape index (κ3) is 3.58. The maximum Gasteiger partial charge on any atom is 0.280 e. The number of halogens is 2. The molecule has 0 N–H and O–H groups in total. The summed E-state index contributed by atoms with van der Waals surface area (Å²) in [6, 6.07) is 3.32. The number of hydrogen-bond donors (Lipinski definition) is 0. The molecule has 1 fully saturated rings. The molecule has 0 saturated carbocycles. The molecule has 6 nitrogen and oxygen atoms in total. The van der Waals surface area contributed by atoms with E-state index in [1.54, 1.807) is 6.92 Å². The van der Waals surface area contributed by atoms with E-state index in [0.717, 1.165) is 30.4 Å². The van der Waals surface area contributed by atoms with E-state index in [1.807, 2.05) is 24.8 Å². The second-order valence-corrected chi connectivity index (χ2v) is 5.92. The van der Waals surface area contributed by atoms with Crippen LogP contribution in [0, 0.1) is 20.8 Å². The highest BCUT2D eigenvalue weighted by atomic mass is 19.3. The first kappa shape index (κ1) is 16.5. The molecule has 0 amide bonds. The molecular formula is C16H20F2N6. The van der Waals surface area contributed by atoms with Crippen molar-refractivity contribution in [1.82, 2.24) is 19.9 Å². The van der Waals surface area contributed by atoms with Crippen molar-refractivity contribution in [2.75, 3.05) is 36.0 Å². The zero-order chi connectivity index (χ0) is 17.3. The molecule has 0 atom stereocenters. The van der Waals surface area contributed by atoms with Crippen LogP contribution in [0.1, 0.15) is 29.3 Å². The molecule has 24 heavy (non-hydrogen) atoms. The first-order valence-electron chi connectivity index (χ1n) is 7.88. The maximum absolute atomic E-state index is 12.9.